The molecule has 0 aromatic rings. The number of rotatable bonds is 1. The van der Waals surface area contributed by atoms with E-state index in [2.05, 4.69) is 33.8 Å². The number of ketones is 2. The van der Waals surface area contributed by atoms with E-state index in [-0.39, 0.29) is 56.9 Å². The van der Waals surface area contributed by atoms with Crippen LogP contribution in [0.2, 0.25) is 0 Å². The number of nitrogens with zero attached hydrogens (tertiary/aromatic N) is 1. The van der Waals surface area contributed by atoms with Gasteiger partial charge in [-0.05, 0) is 79.6 Å². The Morgan fingerprint density at radius 3 is 2.28 bits per heavy atom. The van der Waals surface area contributed by atoms with Gasteiger partial charge in [0, 0.05) is 27.7 Å². The highest BCUT2D eigenvalue weighted by molar-refractivity contribution is 6.12. The third-order valence-electron chi connectivity index (χ3n) is 12.9. The Labute approximate surface area is 215 Å². The molecule has 5 nitrogen and oxygen atoms in total. The molecule has 5 fully saturated rings. The van der Waals surface area contributed by atoms with E-state index in [1.54, 1.807) is 0 Å². The fourth-order valence-electron chi connectivity index (χ4n) is 11.4. The molecule has 0 aliphatic heterocycles. The van der Waals surface area contributed by atoms with E-state index < -0.39 is 16.7 Å². The molecule has 6 aliphatic rings. The maximum absolute atomic E-state index is 14.2. The standard InChI is InChI=1S/C31H41NO4/c1-26(2)10-11-30(25(35)36-7)12-13-31-20(18(30)15-26)22(33)21(31)23-28(5)14-17(16-32)24(34)27(3,4)19(28)8-9-29(23,31)6/h17-20H,8-15H2,1-7H3/t17?,18?,19-,20?,28-,29+,30-,31+/m0/s1. The van der Waals surface area contributed by atoms with E-state index >= 15 is 0 Å². The molecule has 0 saturated heterocycles. The number of carbonyl (C=O) groups excluding carboxylic acids is 3. The molecule has 0 bridgehead atoms. The van der Waals surface area contributed by atoms with Crippen molar-refractivity contribution < 1.29 is 19.1 Å². The van der Waals surface area contributed by atoms with Crippen molar-refractivity contribution in [3.8, 4) is 6.07 Å². The first-order chi connectivity index (χ1) is 16.7. The monoisotopic (exact) mass is 491 g/mol. The summed E-state index contributed by atoms with van der Waals surface area (Å²) in [6.07, 6.45) is 6.79. The summed E-state index contributed by atoms with van der Waals surface area (Å²) in [4.78, 5) is 40.7. The second kappa shape index (κ2) is 6.72. The molecule has 1 spiro atoms. The Balaban J connectivity index is 1.49. The summed E-state index contributed by atoms with van der Waals surface area (Å²) in [5, 5.41) is 9.89. The van der Waals surface area contributed by atoms with Crippen LogP contribution in [0.1, 0.15) is 92.9 Å². The lowest BCUT2D eigenvalue weighted by molar-refractivity contribution is -0.214. The van der Waals surface area contributed by atoms with Crippen molar-refractivity contribution in [2.75, 3.05) is 7.11 Å². The van der Waals surface area contributed by atoms with Crippen LogP contribution in [0, 0.1) is 67.5 Å². The Bertz CT molecular complexity index is 1190. The van der Waals surface area contributed by atoms with Gasteiger partial charge in [0.2, 0.25) is 0 Å². The lowest BCUT2D eigenvalue weighted by atomic mass is 9.22. The zero-order chi connectivity index (χ0) is 26.3. The van der Waals surface area contributed by atoms with Crippen molar-refractivity contribution in [1.29, 1.82) is 5.26 Å². The Kier molecular flexibility index (Phi) is 4.55. The van der Waals surface area contributed by atoms with Crippen molar-refractivity contribution in [3.63, 3.8) is 0 Å². The number of ether oxygens (including phenoxy) is 1. The SMILES string of the molecule is COC(=O)[C@]12CCC(C)(C)CC1C1C(=O)C3=C4[C@@]5(C)CC(C#N)C(=O)C(C)(C)[C@@H]5CC[C@@]4(C)[C@@]31CC2. The smallest absolute Gasteiger partial charge is 0.312 e. The van der Waals surface area contributed by atoms with E-state index in [1.165, 1.54) is 12.7 Å². The van der Waals surface area contributed by atoms with E-state index in [1.807, 2.05) is 13.8 Å². The summed E-state index contributed by atoms with van der Waals surface area (Å²) >= 11 is 0. The fraction of sp³-hybridized carbons (Fsp3) is 0.806. The third kappa shape index (κ3) is 2.33. The molecule has 6 rings (SSSR count). The van der Waals surface area contributed by atoms with E-state index in [4.69, 9.17) is 4.74 Å². The highest BCUT2D eigenvalue weighted by Gasteiger charge is 2.83. The Hall–Kier alpha value is -1.96. The lowest BCUT2D eigenvalue weighted by Gasteiger charge is -2.79. The molecule has 0 aromatic carbocycles. The number of hydrogen-bond donors (Lipinski definition) is 0. The van der Waals surface area contributed by atoms with Gasteiger partial charge in [-0.1, -0.05) is 41.5 Å². The van der Waals surface area contributed by atoms with Gasteiger partial charge in [0.1, 0.15) is 5.92 Å². The van der Waals surface area contributed by atoms with Crippen LogP contribution in [0.4, 0.5) is 0 Å². The summed E-state index contributed by atoms with van der Waals surface area (Å²) in [7, 11) is 1.49. The molecule has 0 amide bonds. The average Bonchev–Trinajstić information content (AvgIpc) is 2.81. The first-order valence-electron chi connectivity index (χ1n) is 14.0. The zero-order valence-corrected chi connectivity index (χ0v) is 23.0. The predicted octanol–water partition coefficient (Wildman–Crippen LogP) is 5.82. The van der Waals surface area contributed by atoms with Gasteiger partial charge in [-0.3, -0.25) is 14.4 Å². The maximum Gasteiger partial charge on any atom is 0.312 e. The molecule has 5 saturated carbocycles. The Morgan fingerprint density at radius 2 is 1.64 bits per heavy atom. The molecule has 3 unspecified atom stereocenters. The summed E-state index contributed by atoms with van der Waals surface area (Å²) < 4.78 is 5.39. The molecule has 0 heterocycles. The number of hydrogen-bond acceptors (Lipinski definition) is 5. The number of fused-ring (bicyclic) bond motifs is 5. The van der Waals surface area contributed by atoms with Crippen LogP contribution in [0.3, 0.4) is 0 Å². The molecule has 6 aliphatic carbocycles. The van der Waals surface area contributed by atoms with Crippen molar-refractivity contribution in [3.05, 3.63) is 11.1 Å². The van der Waals surface area contributed by atoms with Crippen LogP contribution in [0.25, 0.3) is 0 Å². The van der Waals surface area contributed by atoms with Gasteiger partial charge >= 0.3 is 5.97 Å². The summed E-state index contributed by atoms with van der Waals surface area (Å²) in [6.45, 7) is 13.2. The fourth-order valence-corrected chi connectivity index (χ4v) is 11.4. The normalized spacial score (nSPS) is 49.6. The van der Waals surface area contributed by atoms with Crippen LogP contribution >= 0.6 is 0 Å². The van der Waals surface area contributed by atoms with Crippen molar-refractivity contribution in [2.24, 2.45) is 56.2 Å². The lowest BCUT2D eigenvalue weighted by Crippen LogP contribution is -2.77. The highest BCUT2D eigenvalue weighted by atomic mass is 16.5. The third-order valence-corrected chi connectivity index (χ3v) is 12.9. The second-order valence-corrected chi connectivity index (χ2v) is 15.0. The maximum atomic E-state index is 14.2. The minimum Gasteiger partial charge on any atom is -0.469 e. The zero-order valence-electron chi connectivity index (χ0n) is 23.0. The largest absolute Gasteiger partial charge is 0.469 e. The number of carbonyl (C=O) groups is 3. The number of Topliss-reactive ketones (excluding diaryl/α,β-unsaturated/α-hetero) is 2. The van der Waals surface area contributed by atoms with Gasteiger partial charge < -0.3 is 4.74 Å². The van der Waals surface area contributed by atoms with Gasteiger partial charge in [-0.15, -0.1) is 0 Å². The quantitative estimate of drug-likeness (QED) is 0.431. The molecule has 5 heteroatoms. The number of allylic oxidation sites excluding steroid dienone is 2. The molecular formula is C31H41NO4. The van der Waals surface area contributed by atoms with E-state index in [9.17, 15) is 19.6 Å². The molecule has 36 heavy (non-hydrogen) atoms. The van der Waals surface area contributed by atoms with Gasteiger partial charge in [0.15, 0.2) is 11.6 Å². The molecule has 8 atom stereocenters. The van der Waals surface area contributed by atoms with Gasteiger partial charge in [-0.25, -0.2) is 0 Å². The molecule has 194 valence electrons. The minimum absolute atomic E-state index is 0.0267. The van der Waals surface area contributed by atoms with Crippen molar-refractivity contribution >= 4 is 17.5 Å². The summed E-state index contributed by atoms with van der Waals surface area (Å²) in [5.74, 6) is -0.350. The second-order valence-electron chi connectivity index (χ2n) is 15.0. The van der Waals surface area contributed by atoms with Crippen molar-refractivity contribution in [2.45, 2.75) is 92.9 Å². The van der Waals surface area contributed by atoms with Gasteiger partial charge in [0.05, 0.1) is 18.6 Å². The number of nitriles is 1. The van der Waals surface area contributed by atoms with Gasteiger partial charge in [-0.2, -0.15) is 5.26 Å². The van der Waals surface area contributed by atoms with Crippen LogP contribution in [-0.2, 0) is 19.1 Å². The van der Waals surface area contributed by atoms with Crippen LogP contribution < -0.4 is 0 Å². The molecule has 0 N–H and O–H groups in total. The summed E-state index contributed by atoms with van der Waals surface area (Å²) in [5.41, 5.74) is 0.722. The average molecular weight is 492 g/mol. The summed E-state index contributed by atoms with van der Waals surface area (Å²) in [6, 6.07) is 2.31. The van der Waals surface area contributed by atoms with Crippen LogP contribution in [0.5, 0.6) is 0 Å². The first kappa shape index (κ1) is 24.4. The van der Waals surface area contributed by atoms with Gasteiger partial charge in [0.25, 0.3) is 0 Å². The van der Waals surface area contributed by atoms with Crippen LogP contribution in [-0.4, -0.2) is 24.6 Å². The first-order valence-corrected chi connectivity index (χ1v) is 14.0. The minimum atomic E-state index is -0.614. The van der Waals surface area contributed by atoms with E-state index in [0.29, 0.717) is 6.42 Å². The Morgan fingerprint density at radius 1 is 0.972 bits per heavy atom. The highest BCUT2D eigenvalue weighted by Crippen LogP contribution is 2.86. The molecular weight excluding hydrogens is 450 g/mol. The molecule has 0 radical (unpaired) electrons. The van der Waals surface area contributed by atoms with E-state index in [0.717, 1.165) is 50.5 Å². The molecule has 0 aromatic heterocycles. The predicted molar refractivity (Wildman–Crippen MR) is 134 cm³/mol. The van der Waals surface area contributed by atoms with Crippen LogP contribution in [0.15, 0.2) is 11.1 Å². The number of methoxy groups -OCH3 is 1. The topological polar surface area (TPSA) is 84.2 Å². The van der Waals surface area contributed by atoms with Crippen molar-refractivity contribution in [1.82, 2.24) is 0 Å². The number of esters is 1.